The summed E-state index contributed by atoms with van der Waals surface area (Å²) < 4.78 is 11.1. The van der Waals surface area contributed by atoms with Crippen LogP contribution in [0.25, 0.3) is 0 Å². The predicted octanol–water partition coefficient (Wildman–Crippen LogP) is 5.09. The molecular formula is C22H35NO3. The number of hydrogen-bond acceptors (Lipinski definition) is 4. The lowest BCUT2D eigenvalue weighted by Crippen LogP contribution is -2.39. The summed E-state index contributed by atoms with van der Waals surface area (Å²) in [6.45, 7) is 12.7. The van der Waals surface area contributed by atoms with E-state index in [1.807, 2.05) is 0 Å². The van der Waals surface area contributed by atoms with Crippen molar-refractivity contribution in [3.05, 3.63) is 23.8 Å². The Hall–Kier alpha value is -1.71. The number of nitrogens with zero attached hydrogens (tertiary/aromatic N) is 1. The van der Waals surface area contributed by atoms with E-state index in [-0.39, 0.29) is 11.4 Å². The van der Waals surface area contributed by atoms with Crippen LogP contribution in [0.4, 0.5) is 5.69 Å². The van der Waals surface area contributed by atoms with Gasteiger partial charge in [0.15, 0.2) is 0 Å². The van der Waals surface area contributed by atoms with E-state index in [0.29, 0.717) is 12.6 Å². The Morgan fingerprint density at radius 2 is 1.92 bits per heavy atom. The van der Waals surface area contributed by atoms with E-state index in [9.17, 15) is 4.79 Å². The van der Waals surface area contributed by atoms with E-state index in [2.05, 4.69) is 50.8 Å². The molecule has 1 aliphatic rings. The fraction of sp³-hybridized carbons (Fsp3) is 0.682. The molecule has 0 saturated heterocycles. The summed E-state index contributed by atoms with van der Waals surface area (Å²) in [5.74, 6) is 0.767. The van der Waals surface area contributed by atoms with Gasteiger partial charge in [-0.2, -0.15) is 0 Å². The molecule has 1 aromatic rings. The smallest absolute Gasteiger partial charge is 0.302 e. The van der Waals surface area contributed by atoms with Crippen molar-refractivity contribution in [2.45, 2.75) is 78.2 Å². The maximum absolute atomic E-state index is 10.9. The topological polar surface area (TPSA) is 38.8 Å². The van der Waals surface area contributed by atoms with Gasteiger partial charge < -0.3 is 14.4 Å². The van der Waals surface area contributed by atoms with Crippen LogP contribution in [0.5, 0.6) is 5.75 Å². The van der Waals surface area contributed by atoms with E-state index in [0.717, 1.165) is 31.7 Å². The number of benzene rings is 1. The van der Waals surface area contributed by atoms with Gasteiger partial charge in [0.05, 0.1) is 13.2 Å². The van der Waals surface area contributed by atoms with E-state index < -0.39 is 0 Å². The SMILES string of the molecule is CCCCCCOc1ccc2c(c1)C(C)(C)C(C)N2CCCOC(C)=O. The van der Waals surface area contributed by atoms with Crippen molar-refractivity contribution >= 4 is 11.7 Å². The van der Waals surface area contributed by atoms with Gasteiger partial charge in [-0.3, -0.25) is 4.79 Å². The van der Waals surface area contributed by atoms with Crippen LogP contribution in [-0.2, 0) is 14.9 Å². The van der Waals surface area contributed by atoms with Gasteiger partial charge in [0.25, 0.3) is 0 Å². The highest BCUT2D eigenvalue weighted by molar-refractivity contribution is 5.66. The van der Waals surface area contributed by atoms with Crippen molar-refractivity contribution in [2.24, 2.45) is 0 Å². The third-order valence-electron chi connectivity index (χ3n) is 5.60. The molecule has 4 heteroatoms. The Kier molecular flexibility index (Phi) is 7.36. The number of hydrogen-bond donors (Lipinski definition) is 0. The zero-order chi connectivity index (χ0) is 19.2. The number of carbonyl (C=O) groups is 1. The Labute approximate surface area is 158 Å². The van der Waals surface area contributed by atoms with Crippen molar-refractivity contribution in [3.8, 4) is 5.75 Å². The van der Waals surface area contributed by atoms with E-state index in [1.165, 1.54) is 37.4 Å². The normalized spacial score (nSPS) is 17.9. The maximum atomic E-state index is 10.9. The van der Waals surface area contributed by atoms with Crippen molar-refractivity contribution in [3.63, 3.8) is 0 Å². The van der Waals surface area contributed by atoms with Gasteiger partial charge >= 0.3 is 5.97 Å². The molecule has 1 heterocycles. The van der Waals surface area contributed by atoms with Crippen LogP contribution >= 0.6 is 0 Å². The summed E-state index contributed by atoms with van der Waals surface area (Å²) in [6, 6.07) is 6.90. The summed E-state index contributed by atoms with van der Waals surface area (Å²) in [7, 11) is 0. The summed E-state index contributed by atoms with van der Waals surface area (Å²) in [4.78, 5) is 13.4. The lowest BCUT2D eigenvalue weighted by molar-refractivity contribution is -0.140. The molecule has 0 spiro atoms. The standard InChI is InChI=1S/C22H35NO3/c1-6-7-8-9-14-26-19-11-12-21-20(16-19)22(4,5)17(2)23(21)13-10-15-25-18(3)24/h11-12,16-17H,6-10,13-15H2,1-5H3. The lowest BCUT2D eigenvalue weighted by Gasteiger charge is -2.31. The Morgan fingerprint density at radius 3 is 2.62 bits per heavy atom. The van der Waals surface area contributed by atoms with Gasteiger partial charge in [-0.1, -0.05) is 40.0 Å². The molecule has 0 aliphatic carbocycles. The van der Waals surface area contributed by atoms with Crippen LogP contribution in [0.1, 0.15) is 72.3 Å². The number of anilines is 1. The van der Waals surface area contributed by atoms with Crippen molar-refractivity contribution in [1.29, 1.82) is 0 Å². The first kappa shape index (κ1) is 20.6. The summed E-state index contributed by atoms with van der Waals surface area (Å²) in [5.41, 5.74) is 2.70. The van der Waals surface area contributed by atoms with Gasteiger partial charge in [0.1, 0.15) is 5.75 Å². The molecule has 0 aromatic heterocycles. The summed E-state index contributed by atoms with van der Waals surface area (Å²) >= 11 is 0. The molecular weight excluding hydrogens is 326 g/mol. The quantitative estimate of drug-likeness (QED) is 0.430. The number of ether oxygens (including phenoxy) is 2. The fourth-order valence-electron chi connectivity index (χ4n) is 3.68. The highest BCUT2D eigenvalue weighted by Crippen LogP contribution is 2.46. The maximum Gasteiger partial charge on any atom is 0.302 e. The van der Waals surface area contributed by atoms with Crippen molar-refractivity contribution in [1.82, 2.24) is 0 Å². The average molecular weight is 362 g/mol. The Morgan fingerprint density at radius 1 is 1.15 bits per heavy atom. The molecule has 0 bridgehead atoms. The van der Waals surface area contributed by atoms with Gasteiger partial charge in [-0.25, -0.2) is 0 Å². The molecule has 0 amide bonds. The minimum atomic E-state index is -0.207. The number of rotatable bonds is 10. The zero-order valence-corrected chi connectivity index (χ0v) is 17.1. The molecule has 0 fully saturated rings. The second kappa shape index (κ2) is 9.29. The van der Waals surface area contributed by atoms with E-state index in [1.54, 1.807) is 0 Å². The first-order valence-corrected chi connectivity index (χ1v) is 10.0. The molecule has 1 aliphatic heterocycles. The highest BCUT2D eigenvalue weighted by atomic mass is 16.5. The van der Waals surface area contributed by atoms with Crippen LogP contribution in [0, 0.1) is 0 Å². The van der Waals surface area contributed by atoms with Gasteiger partial charge in [-0.05, 0) is 43.5 Å². The third-order valence-corrected chi connectivity index (χ3v) is 5.60. The van der Waals surface area contributed by atoms with Gasteiger partial charge in [-0.15, -0.1) is 0 Å². The average Bonchev–Trinajstić information content (AvgIpc) is 2.78. The molecule has 4 nitrogen and oxygen atoms in total. The molecule has 0 saturated carbocycles. The summed E-state index contributed by atoms with van der Waals surface area (Å²) in [5, 5.41) is 0. The second-order valence-corrected chi connectivity index (χ2v) is 7.87. The number of unbranched alkanes of at least 4 members (excludes halogenated alkanes) is 3. The van der Waals surface area contributed by atoms with E-state index in [4.69, 9.17) is 9.47 Å². The second-order valence-electron chi connectivity index (χ2n) is 7.87. The van der Waals surface area contributed by atoms with Gasteiger partial charge in [0, 0.05) is 30.6 Å². The van der Waals surface area contributed by atoms with E-state index >= 15 is 0 Å². The van der Waals surface area contributed by atoms with Crippen LogP contribution in [-0.4, -0.2) is 31.8 Å². The first-order valence-electron chi connectivity index (χ1n) is 10.0. The largest absolute Gasteiger partial charge is 0.494 e. The molecule has 1 unspecified atom stereocenters. The Balaban J connectivity index is 2.01. The predicted molar refractivity (Wildman–Crippen MR) is 107 cm³/mol. The van der Waals surface area contributed by atoms with Gasteiger partial charge in [0.2, 0.25) is 0 Å². The molecule has 0 N–H and O–H groups in total. The third kappa shape index (κ3) is 4.93. The van der Waals surface area contributed by atoms with Crippen LogP contribution < -0.4 is 9.64 Å². The number of esters is 1. The molecule has 1 atom stereocenters. The van der Waals surface area contributed by atoms with Crippen molar-refractivity contribution in [2.75, 3.05) is 24.7 Å². The minimum absolute atomic E-state index is 0.0678. The lowest BCUT2D eigenvalue weighted by atomic mass is 9.81. The highest BCUT2D eigenvalue weighted by Gasteiger charge is 2.41. The molecule has 26 heavy (non-hydrogen) atoms. The fourth-order valence-corrected chi connectivity index (χ4v) is 3.68. The molecule has 1 aromatic carbocycles. The first-order chi connectivity index (χ1) is 12.4. The van der Waals surface area contributed by atoms with Crippen LogP contribution in [0.2, 0.25) is 0 Å². The van der Waals surface area contributed by atoms with Crippen LogP contribution in [0.15, 0.2) is 18.2 Å². The van der Waals surface area contributed by atoms with Crippen molar-refractivity contribution < 1.29 is 14.3 Å². The number of carbonyl (C=O) groups excluding carboxylic acids is 1. The molecule has 146 valence electrons. The summed E-state index contributed by atoms with van der Waals surface area (Å²) in [6.07, 6.45) is 5.72. The number of fused-ring (bicyclic) bond motifs is 1. The monoisotopic (exact) mass is 361 g/mol. The molecule has 2 rings (SSSR count). The molecule has 0 radical (unpaired) electrons. The van der Waals surface area contributed by atoms with Crippen LogP contribution in [0.3, 0.4) is 0 Å². The minimum Gasteiger partial charge on any atom is -0.494 e. The zero-order valence-electron chi connectivity index (χ0n) is 17.1. The Bertz CT molecular complexity index is 597.